The summed E-state index contributed by atoms with van der Waals surface area (Å²) in [7, 11) is 1.77. The second kappa shape index (κ2) is 6.27. The van der Waals surface area contributed by atoms with Crippen molar-refractivity contribution >= 4 is 5.69 Å². The summed E-state index contributed by atoms with van der Waals surface area (Å²) in [6, 6.07) is 4.14. The molecular formula is C11H15FN2O3. The SMILES string of the molecule is CN(CCCO)Cc1cccc([N+](=O)[O-])c1F. The van der Waals surface area contributed by atoms with Gasteiger partial charge >= 0.3 is 5.69 Å². The Labute approximate surface area is 98.6 Å². The molecule has 6 heteroatoms. The summed E-state index contributed by atoms with van der Waals surface area (Å²) in [5.41, 5.74) is -0.210. The van der Waals surface area contributed by atoms with Crippen molar-refractivity contribution < 1.29 is 14.4 Å². The molecule has 0 fully saturated rings. The predicted octanol–water partition coefficient (Wildman–Crippen LogP) is 1.55. The van der Waals surface area contributed by atoms with Crippen LogP contribution in [-0.4, -0.2) is 35.1 Å². The number of hydrogen-bond donors (Lipinski definition) is 1. The minimum atomic E-state index is -0.784. The van der Waals surface area contributed by atoms with E-state index >= 15 is 0 Å². The van der Waals surface area contributed by atoms with E-state index in [4.69, 9.17) is 5.11 Å². The first kappa shape index (κ1) is 13.5. The van der Waals surface area contributed by atoms with Gasteiger partial charge in [-0.1, -0.05) is 12.1 Å². The zero-order chi connectivity index (χ0) is 12.8. The van der Waals surface area contributed by atoms with E-state index < -0.39 is 16.4 Å². The Hall–Kier alpha value is -1.53. The van der Waals surface area contributed by atoms with Gasteiger partial charge in [0.2, 0.25) is 5.82 Å². The maximum absolute atomic E-state index is 13.7. The van der Waals surface area contributed by atoms with Crippen molar-refractivity contribution in [2.45, 2.75) is 13.0 Å². The summed E-state index contributed by atoms with van der Waals surface area (Å²) in [6.45, 7) is 0.966. The molecule has 1 aromatic carbocycles. The van der Waals surface area contributed by atoms with E-state index in [9.17, 15) is 14.5 Å². The lowest BCUT2D eigenvalue weighted by Gasteiger charge is -2.16. The van der Waals surface area contributed by atoms with Crippen molar-refractivity contribution in [1.82, 2.24) is 4.90 Å². The normalized spacial score (nSPS) is 10.8. The first-order valence-corrected chi connectivity index (χ1v) is 5.27. The highest BCUT2D eigenvalue weighted by atomic mass is 19.1. The summed E-state index contributed by atoms with van der Waals surface area (Å²) in [5.74, 6) is -0.784. The van der Waals surface area contributed by atoms with Gasteiger partial charge in [0.05, 0.1) is 4.92 Å². The van der Waals surface area contributed by atoms with Gasteiger partial charge in [0.25, 0.3) is 0 Å². The molecule has 0 heterocycles. The van der Waals surface area contributed by atoms with E-state index in [0.29, 0.717) is 18.5 Å². The fourth-order valence-electron chi connectivity index (χ4n) is 1.54. The van der Waals surface area contributed by atoms with Crippen molar-refractivity contribution in [1.29, 1.82) is 0 Å². The standard InChI is InChI=1S/C11H15FN2O3/c1-13(6-3-7-15)8-9-4-2-5-10(11(9)12)14(16)17/h2,4-5,15H,3,6-8H2,1H3. The number of nitrogens with zero attached hydrogens (tertiary/aromatic N) is 2. The molecule has 0 aliphatic carbocycles. The monoisotopic (exact) mass is 242 g/mol. The third kappa shape index (κ3) is 3.76. The Morgan fingerprint density at radius 3 is 2.82 bits per heavy atom. The zero-order valence-electron chi connectivity index (χ0n) is 9.60. The third-order valence-electron chi connectivity index (χ3n) is 2.39. The molecule has 0 aromatic heterocycles. The fraction of sp³-hybridized carbons (Fsp3) is 0.455. The minimum absolute atomic E-state index is 0.0712. The maximum atomic E-state index is 13.7. The van der Waals surface area contributed by atoms with E-state index in [1.54, 1.807) is 11.9 Å². The number of nitro groups is 1. The van der Waals surface area contributed by atoms with Gasteiger partial charge in [-0.2, -0.15) is 4.39 Å². The van der Waals surface area contributed by atoms with Crippen LogP contribution in [0.1, 0.15) is 12.0 Å². The summed E-state index contributed by atoms with van der Waals surface area (Å²) >= 11 is 0. The predicted molar refractivity (Wildman–Crippen MR) is 61.1 cm³/mol. The second-order valence-corrected chi connectivity index (χ2v) is 3.82. The lowest BCUT2D eigenvalue weighted by atomic mass is 10.1. The van der Waals surface area contributed by atoms with E-state index in [0.717, 1.165) is 6.07 Å². The van der Waals surface area contributed by atoms with Crippen molar-refractivity contribution in [3.63, 3.8) is 0 Å². The summed E-state index contributed by atoms with van der Waals surface area (Å²) in [6.07, 6.45) is 0.590. The molecule has 1 aromatic rings. The van der Waals surface area contributed by atoms with Crippen LogP contribution in [0.2, 0.25) is 0 Å². The topological polar surface area (TPSA) is 66.6 Å². The lowest BCUT2D eigenvalue weighted by molar-refractivity contribution is -0.387. The lowest BCUT2D eigenvalue weighted by Crippen LogP contribution is -2.20. The van der Waals surface area contributed by atoms with Gasteiger partial charge in [-0.25, -0.2) is 0 Å². The first-order chi connectivity index (χ1) is 8.06. The molecule has 0 radical (unpaired) electrons. The molecule has 0 saturated carbocycles. The van der Waals surface area contributed by atoms with Gasteiger partial charge in [-0.15, -0.1) is 0 Å². The Bertz CT molecular complexity index is 398. The average Bonchev–Trinajstić information content (AvgIpc) is 2.28. The highest BCUT2D eigenvalue weighted by Gasteiger charge is 2.17. The second-order valence-electron chi connectivity index (χ2n) is 3.82. The van der Waals surface area contributed by atoms with Crippen LogP contribution in [0.3, 0.4) is 0 Å². The molecule has 0 amide bonds. The molecule has 0 aliphatic rings. The summed E-state index contributed by atoms with van der Waals surface area (Å²) in [4.78, 5) is 11.6. The van der Waals surface area contributed by atoms with Crippen LogP contribution in [0.15, 0.2) is 18.2 Å². The van der Waals surface area contributed by atoms with Gasteiger partial charge in [0.15, 0.2) is 0 Å². The van der Waals surface area contributed by atoms with E-state index in [1.807, 2.05) is 0 Å². The number of aliphatic hydroxyl groups is 1. The largest absolute Gasteiger partial charge is 0.396 e. The molecule has 0 atom stereocenters. The van der Waals surface area contributed by atoms with E-state index in [2.05, 4.69) is 0 Å². The number of benzene rings is 1. The van der Waals surface area contributed by atoms with E-state index in [-0.39, 0.29) is 13.2 Å². The molecule has 1 N–H and O–H groups in total. The molecule has 0 aliphatic heterocycles. The van der Waals surface area contributed by atoms with Gasteiger partial charge in [0.1, 0.15) is 0 Å². The Balaban J connectivity index is 2.77. The van der Waals surface area contributed by atoms with Gasteiger partial charge < -0.3 is 10.0 Å². The van der Waals surface area contributed by atoms with Gasteiger partial charge in [-0.05, 0) is 13.5 Å². The molecule has 0 unspecified atom stereocenters. The van der Waals surface area contributed by atoms with Crippen LogP contribution in [-0.2, 0) is 6.54 Å². The quantitative estimate of drug-likeness (QED) is 0.607. The number of nitro benzene ring substituents is 1. The molecule has 0 saturated heterocycles. The average molecular weight is 242 g/mol. The molecule has 0 spiro atoms. The van der Waals surface area contributed by atoms with Crippen LogP contribution in [0.25, 0.3) is 0 Å². The van der Waals surface area contributed by atoms with Crippen molar-refractivity contribution in [2.75, 3.05) is 20.2 Å². The van der Waals surface area contributed by atoms with Crippen molar-refractivity contribution in [3.05, 3.63) is 39.7 Å². The number of rotatable bonds is 6. The fourth-order valence-corrected chi connectivity index (χ4v) is 1.54. The first-order valence-electron chi connectivity index (χ1n) is 5.27. The minimum Gasteiger partial charge on any atom is -0.396 e. The highest BCUT2D eigenvalue weighted by Crippen LogP contribution is 2.20. The summed E-state index contributed by atoms with van der Waals surface area (Å²) < 4.78 is 13.7. The van der Waals surface area contributed by atoms with Crippen LogP contribution < -0.4 is 0 Å². The summed E-state index contributed by atoms with van der Waals surface area (Å²) in [5, 5.41) is 19.2. The Kier molecular flexibility index (Phi) is 4.99. The Morgan fingerprint density at radius 1 is 1.53 bits per heavy atom. The molecule has 94 valence electrons. The van der Waals surface area contributed by atoms with Gasteiger partial charge in [-0.3, -0.25) is 10.1 Å². The number of aliphatic hydroxyl groups excluding tert-OH is 1. The highest BCUT2D eigenvalue weighted by molar-refractivity contribution is 5.36. The molecule has 1 rings (SSSR count). The molecule has 5 nitrogen and oxygen atoms in total. The van der Waals surface area contributed by atoms with Gasteiger partial charge in [0, 0.05) is 31.3 Å². The van der Waals surface area contributed by atoms with Crippen LogP contribution in [0, 0.1) is 15.9 Å². The molecule has 0 bridgehead atoms. The zero-order valence-corrected chi connectivity index (χ0v) is 9.60. The molecular weight excluding hydrogens is 227 g/mol. The smallest absolute Gasteiger partial charge is 0.305 e. The van der Waals surface area contributed by atoms with Crippen molar-refractivity contribution in [3.8, 4) is 0 Å². The maximum Gasteiger partial charge on any atom is 0.305 e. The molecule has 17 heavy (non-hydrogen) atoms. The third-order valence-corrected chi connectivity index (χ3v) is 2.39. The number of hydrogen-bond acceptors (Lipinski definition) is 4. The van der Waals surface area contributed by atoms with Crippen LogP contribution in [0.4, 0.5) is 10.1 Å². The number of halogens is 1. The van der Waals surface area contributed by atoms with Crippen LogP contribution in [0.5, 0.6) is 0 Å². The van der Waals surface area contributed by atoms with Crippen molar-refractivity contribution in [2.24, 2.45) is 0 Å². The van der Waals surface area contributed by atoms with E-state index in [1.165, 1.54) is 12.1 Å². The van der Waals surface area contributed by atoms with Crippen LogP contribution >= 0.6 is 0 Å². The Morgan fingerprint density at radius 2 is 2.24 bits per heavy atom.